The van der Waals surface area contributed by atoms with Crippen molar-refractivity contribution < 1.29 is 34.4 Å². The first-order chi connectivity index (χ1) is 21.9. The molecule has 0 aromatic carbocycles. The van der Waals surface area contributed by atoms with Gasteiger partial charge in [-0.25, -0.2) is 9.59 Å². The van der Waals surface area contributed by atoms with Crippen molar-refractivity contribution in [1.82, 2.24) is 0 Å². The van der Waals surface area contributed by atoms with Gasteiger partial charge in [-0.1, -0.05) is 71.8 Å². The lowest BCUT2D eigenvalue weighted by molar-refractivity contribution is -0.264. The number of hydrogen-bond acceptors (Lipinski definition) is 7. The van der Waals surface area contributed by atoms with E-state index in [-0.39, 0.29) is 34.2 Å². The molecule has 7 heteroatoms. The Morgan fingerprint density at radius 3 is 2.00 bits per heavy atom. The van der Waals surface area contributed by atoms with E-state index < -0.39 is 47.7 Å². The van der Waals surface area contributed by atoms with Gasteiger partial charge in [0.25, 0.3) is 0 Å². The van der Waals surface area contributed by atoms with Crippen molar-refractivity contribution in [3.8, 4) is 0 Å². The van der Waals surface area contributed by atoms with Crippen LogP contribution in [0.5, 0.6) is 0 Å². The molecule has 0 saturated heterocycles. The van der Waals surface area contributed by atoms with Crippen molar-refractivity contribution in [3.63, 3.8) is 0 Å². The molecule has 0 aromatic heterocycles. The largest absolute Gasteiger partial charge is 0.454 e. The van der Waals surface area contributed by atoms with Crippen molar-refractivity contribution >= 4 is 11.9 Å². The van der Waals surface area contributed by atoms with Crippen LogP contribution in [0.4, 0.5) is 0 Å². The van der Waals surface area contributed by atoms with Gasteiger partial charge in [0.1, 0.15) is 6.10 Å². The highest BCUT2D eigenvalue weighted by Crippen LogP contribution is 2.76. The zero-order valence-corrected chi connectivity index (χ0v) is 30.7. The number of esters is 2. The Hall–Kier alpha value is -1.96. The molecule has 7 nitrogen and oxygen atoms in total. The van der Waals surface area contributed by atoms with Crippen LogP contribution in [0.1, 0.15) is 121 Å². The lowest BCUT2D eigenvalue weighted by atomic mass is 9.33. The summed E-state index contributed by atoms with van der Waals surface area (Å²) in [6.45, 7) is 20.4. The van der Waals surface area contributed by atoms with Gasteiger partial charge in [-0.05, 0) is 112 Å². The maximum Gasteiger partial charge on any atom is 0.333 e. The number of allylic oxidation sites excluding steroid dienone is 4. The molecule has 0 spiro atoms. The van der Waals surface area contributed by atoms with Gasteiger partial charge >= 0.3 is 11.9 Å². The third kappa shape index (κ3) is 5.06. The molecule has 0 bridgehead atoms. The minimum Gasteiger partial charge on any atom is -0.454 e. The molecule has 0 heterocycles. The molecule has 3 N–H and O–H groups in total. The van der Waals surface area contributed by atoms with Gasteiger partial charge in [0.05, 0.1) is 18.1 Å². The van der Waals surface area contributed by atoms with E-state index in [1.54, 1.807) is 39.8 Å². The van der Waals surface area contributed by atoms with Crippen LogP contribution in [-0.2, 0) is 19.1 Å². The van der Waals surface area contributed by atoms with E-state index in [9.17, 15) is 24.9 Å². The Morgan fingerprint density at radius 2 is 1.45 bits per heavy atom. The maximum atomic E-state index is 13.5. The fraction of sp³-hybridized carbons (Fsp3) is 0.800. The molecular weight excluding hydrogens is 592 g/mol. The fourth-order valence-corrected chi connectivity index (χ4v) is 12.0. The SMILES string of the molecule is CC=C(C)C(=O)O[C@H]1[C@H](OC(=O)C(C)=CC)[C@@]2(CO)C(CC1(C)C)C1=CCC3[C@@]4(C)CCC[C@](C)(CO)C4CC[C@@]3(C)[C@]1(C)C[C@H]2O. The van der Waals surface area contributed by atoms with Crippen molar-refractivity contribution in [3.05, 3.63) is 34.9 Å². The van der Waals surface area contributed by atoms with Gasteiger partial charge < -0.3 is 24.8 Å². The van der Waals surface area contributed by atoms with E-state index in [4.69, 9.17) is 9.47 Å². The van der Waals surface area contributed by atoms with Gasteiger partial charge in [-0.2, -0.15) is 0 Å². The number of carbonyl (C=O) groups is 2. The van der Waals surface area contributed by atoms with E-state index in [1.807, 2.05) is 0 Å². The number of fused-ring (bicyclic) bond motifs is 7. The smallest absolute Gasteiger partial charge is 0.333 e. The third-order valence-electron chi connectivity index (χ3n) is 15.3. The first-order valence-corrected chi connectivity index (χ1v) is 18.1. The number of aliphatic hydroxyl groups is 3. The van der Waals surface area contributed by atoms with Gasteiger partial charge in [-0.15, -0.1) is 0 Å². The van der Waals surface area contributed by atoms with E-state index in [1.165, 1.54) is 5.57 Å². The highest BCUT2D eigenvalue weighted by molar-refractivity contribution is 5.88. The summed E-state index contributed by atoms with van der Waals surface area (Å²) in [4.78, 5) is 26.8. The Bertz CT molecular complexity index is 1360. The van der Waals surface area contributed by atoms with Crippen LogP contribution in [0.25, 0.3) is 0 Å². The number of carbonyl (C=O) groups excluding carboxylic acids is 2. The van der Waals surface area contributed by atoms with Gasteiger partial charge in [0, 0.05) is 23.2 Å². The third-order valence-corrected chi connectivity index (χ3v) is 15.3. The molecule has 264 valence electrons. The van der Waals surface area contributed by atoms with Crippen molar-refractivity contribution in [2.75, 3.05) is 13.2 Å². The lowest BCUT2D eigenvalue weighted by Gasteiger charge is -2.72. The average molecular weight is 655 g/mol. The molecule has 0 aromatic rings. The second-order valence-corrected chi connectivity index (χ2v) is 17.8. The average Bonchev–Trinajstić information content (AvgIpc) is 3.01. The van der Waals surface area contributed by atoms with Crippen LogP contribution in [0.15, 0.2) is 34.9 Å². The number of hydrogen-bond donors (Lipinski definition) is 3. The highest BCUT2D eigenvalue weighted by Gasteiger charge is 2.73. The highest BCUT2D eigenvalue weighted by atomic mass is 16.6. The molecule has 47 heavy (non-hydrogen) atoms. The zero-order valence-electron chi connectivity index (χ0n) is 30.7. The Labute approximate surface area is 283 Å². The summed E-state index contributed by atoms with van der Waals surface area (Å²) in [6, 6.07) is 0. The molecule has 0 aliphatic heterocycles. The van der Waals surface area contributed by atoms with Crippen LogP contribution < -0.4 is 0 Å². The predicted molar refractivity (Wildman–Crippen MR) is 183 cm³/mol. The quantitative estimate of drug-likeness (QED) is 0.159. The van der Waals surface area contributed by atoms with Crippen LogP contribution in [0.2, 0.25) is 0 Å². The predicted octanol–water partition coefficient (Wildman–Crippen LogP) is 7.09. The van der Waals surface area contributed by atoms with Gasteiger partial charge in [-0.3, -0.25) is 0 Å². The summed E-state index contributed by atoms with van der Waals surface area (Å²) in [5.74, 6) is -0.474. The second-order valence-electron chi connectivity index (χ2n) is 17.8. The molecule has 0 radical (unpaired) electrons. The molecule has 0 amide bonds. The molecule has 5 aliphatic rings. The van der Waals surface area contributed by atoms with Crippen LogP contribution >= 0.6 is 0 Å². The second kappa shape index (κ2) is 12.1. The first kappa shape index (κ1) is 36.3. The van der Waals surface area contributed by atoms with E-state index >= 15 is 0 Å². The summed E-state index contributed by atoms with van der Waals surface area (Å²) in [5, 5.41) is 34.6. The minimum atomic E-state index is -1.25. The van der Waals surface area contributed by atoms with Crippen LogP contribution in [-0.4, -0.2) is 58.8 Å². The van der Waals surface area contributed by atoms with Gasteiger partial charge in [0.2, 0.25) is 0 Å². The number of aliphatic hydroxyl groups excluding tert-OH is 3. The summed E-state index contributed by atoms with van der Waals surface area (Å²) in [7, 11) is 0. The first-order valence-electron chi connectivity index (χ1n) is 18.1. The molecule has 5 aliphatic carbocycles. The Kier molecular flexibility index (Phi) is 9.37. The molecule has 5 rings (SSSR count). The molecule has 3 unspecified atom stereocenters. The summed E-state index contributed by atoms with van der Waals surface area (Å²) < 4.78 is 12.5. The lowest BCUT2D eigenvalue weighted by Crippen LogP contribution is -2.72. The van der Waals surface area contributed by atoms with Crippen LogP contribution in [0.3, 0.4) is 0 Å². The van der Waals surface area contributed by atoms with Crippen molar-refractivity contribution in [2.24, 2.45) is 50.2 Å². The van der Waals surface area contributed by atoms with Gasteiger partial charge in [0.15, 0.2) is 6.10 Å². The molecule has 4 fully saturated rings. The minimum absolute atomic E-state index is 0.0715. The normalized spacial score (nSPS) is 46.2. The van der Waals surface area contributed by atoms with E-state index in [2.05, 4.69) is 47.6 Å². The summed E-state index contributed by atoms with van der Waals surface area (Å²) in [5.41, 5.74) is -0.222. The zero-order chi connectivity index (χ0) is 35.0. The standard InChI is InChI=1S/C40H62O7/c1-11-24(3)33(44)46-31-32(47-34(45)25(4)12-2)40(23-42)27(20-35(31,5)6)26-14-15-29-37(8)18-13-17-36(7,22-41)28(37)16-19-38(29,9)39(26,10)21-30(40)43/h11-12,14,27-32,41-43H,13,15-23H2,1-10H3/t27?,28?,29?,30-,31+,32+,36-,37+,38-,39-,40+/m1/s1. The molecule has 4 saturated carbocycles. The molecular formula is C40H62O7. The van der Waals surface area contributed by atoms with Crippen LogP contribution in [0, 0.1) is 50.2 Å². The van der Waals surface area contributed by atoms with E-state index in [0.29, 0.717) is 35.8 Å². The Balaban J connectivity index is 1.65. The Morgan fingerprint density at radius 1 is 0.851 bits per heavy atom. The van der Waals surface area contributed by atoms with E-state index in [0.717, 1.165) is 38.5 Å². The molecule has 11 atom stereocenters. The number of ether oxygens (including phenoxy) is 2. The van der Waals surface area contributed by atoms with Crippen molar-refractivity contribution in [2.45, 2.75) is 139 Å². The monoisotopic (exact) mass is 654 g/mol. The maximum absolute atomic E-state index is 13.5. The number of rotatable bonds is 6. The summed E-state index contributed by atoms with van der Waals surface area (Å²) >= 11 is 0. The van der Waals surface area contributed by atoms with Crippen molar-refractivity contribution in [1.29, 1.82) is 0 Å². The summed E-state index contributed by atoms with van der Waals surface area (Å²) in [6.07, 6.45) is 10.2. The fourth-order valence-electron chi connectivity index (χ4n) is 12.0. The topological polar surface area (TPSA) is 113 Å².